The van der Waals surface area contributed by atoms with E-state index in [-0.39, 0.29) is 17.3 Å². The van der Waals surface area contributed by atoms with Gasteiger partial charge in [-0.05, 0) is 86.6 Å². The third kappa shape index (κ3) is 4.20. The lowest BCUT2D eigenvalue weighted by Crippen LogP contribution is -2.29. The van der Waals surface area contributed by atoms with Crippen LogP contribution in [0.5, 0.6) is 0 Å². The van der Waals surface area contributed by atoms with E-state index in [1.165, 1.54) is 87.8 Å². The molecule has 12 rings (SSSR count). The molecule has 0 N–H and O–H groups in total. The van der Waals surface area contributed by atoms with Crippen LogP contribution in [0.25, 0.3) is 71.2 Å². The van der Waals surface area contributed by atoms with Crippen molar-refractivity contribution in [3.63, 3.8) is 0 Å². The first-order chi connectivity index (χ1) is 27.5. The van der Waals surface area contributed by atoms with Crippen molar-refractivity contribution in [2.45, 2.75) is 32.1 Å². The maximum Gasteiger partial charge on any atom is 0.118 e. The number of rotatable bonds is 2. The molecule has 0 amide bonds. The van der Waals surface area contributed by atoms with Crippen LogP contribution in [0.2, 0.25) is 0 Å². The van der Waals surface area contributed by atoms with Crippen LogP contribution in [0.4, 0.5) is 5.69 Å². The Balaban J connectivity index is 1.10. The molecular formula is C53H39N3. The SMILES string of the molecule is CC1C(n2c3ccc(-n4c5ccccc5c5ccccc54)cc3c3c4ccccc4ccc32)=Nc2ccccc2C1c1ccc2c(c1)C(C)(C)c1ccccc1-2. The van der Waals surface area contributed by atoms with E-state index < -0.39 is 0 Å². The Labute approximate surface area is 325 Å². The zero-order chi connectivity index (χ0) is 37.3. The van der Waals surface area contributed by atoms with Gasteiger partial charge in [0, 0.05) is 44.5 Å². The van der Waals surface area contributed by atoms with E-state index in [1.54, 1.807) is 0 Å². The molecule has 3 heterocycles. The van der Waals surface area contributed by atoms with Gasteiger partial charge in [0.15, 0.2) is 0 Å². The molecule has 56 heavy (non-hydrogen) atoms. The summed E-state index contributed by atoms with van der Waals surface area (Å²) in [6.45, 7) is 7.14. The third-order valence-corrected chi connectivity index (χ3v) is 13.1. The molecule has 2 unspecified atom stereocenters. The highest BCUT2D eigenvalue weighted by molar-refractivity contribution is 6.24. The highest BCUT2D eigenvalue weighted by Crippen LogP contribution is 2.51. The first-order valence-electron chi connectivity index (χ1n) is 19.8. The maximum absolute atomic E-state index is 5.59. The summed E-state index contributed by atoms with van der Waals surface area (Å²) in [7, 11) is 0. The van der Waals surface area contributed by atoms with Crippen LogP contribution < -0.4 is 0 Å². The molecule has 0 saturated heterocycles. The molecule has 0 spiro atoms. The highest BCUT2D eigenvalue weighted by atomic mass is 15.1. The molecule has 0 bridgehead atoms. The molecule has 3 heteroatoms. The Morgan fingerprint density at radius 2 is 1.14 bits per heavy atom. The molecule has 0 saturated carbocycles. The summed E-state index contributed by atoms with van der Waals surface area (Å²) in [5.74, 6) is 1.31. The highest BCUT2D eigenvalue weighted by Gasteiger charge is 2.38. The topological polar surface area (TPSA) is 22.2 Å². The Hall–Kier alpha value is -6.71. The summed E-state index contributed by atoms with van der Waals surface area (Å²) < 4.78 is 4.91. The number of benzene rings is 8. The van der Waals surface area contributed by atoms with E-state index in [2.05, 4.69) is 200 Å². The Kier molecular flexibility index (Phi) is 6.44. The molecule has 10 aromatic rings. The summed E-state index contributed by atoms with van der Waals surface area (Å²) in [5, 5.41) is 7.54. The van der Waals surface area contributed by atoms with Crippen molar-refractivity contribution in [3.8, 4) is 16.8 Å². The normalized spacial score (nSPS) is 17.1. The fourth-order valence-corrected chi connectivity index (χ4v) is 10.5. The molecule has 0 radical (unpaired) electrons. The van der Waals surface area contributed by atoms with Gasteiger partial charge in [0.1, 0.15) is 5.84 Å². The van der Waals surface area contributed by atoms with E-state index in [0.29, 0.717) is 0 Å². The van der Waals surface area contributed by atoms with Gasteiger partial charge in [-0.1, -0.05) is 148 Å². The van der Waals surface area contributed by atoms with Crippen molar-refractivity contribution in [2.75, 3.05) is 0 Å². The van der Waals surface area contributed by atoms with Gasteiger partial charge in [-0.15, -0.1) is 0 Å². The molecule has 8 aromatic carbocycles. The van der Waals surface area contributed by atoms with Crippen LogP contribution in [0.1, 0.15) is 48.9 Å². The number of nitrogens with zero attached hydrogens (tertiary/aromatic N) is 3. The lowest BCUT2D eigenvalue weighted by atomic mass is 9.75. The number of aliphatic imine (C=N–C) groups is 1. The van der Waals surface area contributed by atoms with Crippen LogP contribution >= 0.6 is 0 Å². The van der Waals surface area contributed by atoms with Gasteiger partial charge in [-0.2, -0.15) is 0 Å². The average molecular weight is 718 g/mol. The quantitative estimate of drug-likeness (QED) is 0.170. The van der Waals surface area contributed by atoms with E-state index >= 15 is 0 Å². The van der Waals surface area contributed by atoms with Crippen molar-refractivity contribution in [1.29, 1.82) is 0 Å². The molecule has 1 aliphatic heterocycles. The summed E-state index contributed by atoms with van der Waals surface area (Å²) in [4.78, 5) is 5.59. The van der Waals surface area contributed by atoms with Crippen molar-refractivity contribution in [2.24, 2.45) is 10.9 Å². The lowest BCUT2D eigenvalue weighted by molar-refractivity contribution is 0.626. The van der Waals surface area contributed by atoms with Gasteiger partial charge in [-0.25, -0.2) is 4.99 Å². The van der Waals surface area contributed by atoms with Crippen LogP contribution in [0.3, 0.4) is 0 Å². The average Bonchev–Trinajstić information content (AvgIpc) is 3.83. The molecule has 1 aliphatic carbocycles. The van der Waals surface area contributed by atoms with Crippen molar-refractivity contribution >= 4 is 65.9 Å². The summed E-state index contributed by atoms with van der Waals surface area (Å²) >= 11 is 0. The second-order valence-corrected chi connectivity index (χ2v) is 16.4. The largest absolute Gasteiger partial charge is 0.309 e. The molecule has 0 fully saturated rings. The number of para-hydroxylation sites is 3. The van der Waals surface area contributed by atoms with Crippen molar-refractivity contribution < 1.29 is 0 Å². The first kappa shape index (κ1) is 31.6. The first-order valence-corrected chi connectivity index (χ1v) is 19.8. The minimum absolute atomic E-state index is 0.0712. The molecule has 266 valence electrons. The number of hydrogen-bond donors (Lipinski definition) is 0. The standard InChI is InChI=1S/C53H39N3/c1-32-50(34-24-27-38-37-16-6-10-20-43(37)53(2,3)44(38)30-34)41-19-7-11-21-45(41)54-52(32)56-48-29-26-35(31-42(48)51-36-15-5-4-14-33(36)25-28-49(51)56)55-46-22-12-8-17-39(46)40-18-9-13-23-47(40)55/h4-32,50H,1-3H3. The van der Waals surface area contributed by atoms with Gasteiger partial charge in [0.05, 0.1) is 27.8 Å². The van der Waals surface area contributed by atoms with Gasteiger partial charge >= 0.3 is 0 Å². The van der Waals surface area contributed by atoms with Crippen LogP contribution in [0.15, 0.2) is 175 Å². The molecule has 2 atom stereocenters. The molecular weight excluding hydrogens is 679 g/mol. The van der Waals surface area contributed by atoms with Crippen molar-refractivity contribution in [3.05, 3.63) is 192 Å². The predicted molar refractivity (Wildman–Crippen MR) is 235 cm³/mol. The summed E-state index contributed by atoms with van der Waals surface area (Å²) in [5.41, 5.74) is 15.1. The minimum atomic E-state index is -0.0712. The second kappa shape index (κ2) is 11.4. The third-order valence-electron chi connectivity index (χ3n) is 13.1. The fraction of sp³-hybridized carbons (Fsp3) is 0.113. The molecule has 3 nitrogen and oxygen atoms in total. The Morgan fingerprint density at radius 1 is 0.500 bits per heavy atom. The summed E-state index contributed by atoms with van der Waals surface area (Å²) in [6.07, 6.45) is 0. The van der Waals surface area contributed by atoms with E-state index in [4.69, 9.17) is 4.99 Å². The van der Waals surface area contributed by atoms with Crippen LogP contribution in [-0.2, 0) is 5.41 Å². The van der Waals surface area contributed by atoms with Gasteiger partial charge in [-0.3, -0.25) is 4.57 Å². The van der Waals surface area contributed by atoms with Crippen molar-refractivity contribution in [1.82, 2.24) is 9.13 Å². The number of hydrogen-bond acceptors (Lipinski definition) is 1. The maximum atomic E-state index is 5.59. The molecule has 2 aliphatic rings. The predicted octanol–water partition coefficient (Wildman–Crippen LogP) is 13.7. The second-order valence-electron chi connectivity index (χ2n) is 16.4. The lowest BCUT2D eigenvalue weighted by Gasteiger charge is -2.33. The Bertz CT molecular complexity index is 3260. The monoisotopic (exact) mass is 717 g/mol. The van der Waals surface area contributed by atoms with Gasteiger partial charge < -0.3 is 4.57 Å². The smallest absolute Gasteiger partial charge is 0.118 e. The zero-order valence-corrected chi connectivity index (χ0v) is 31.7. The Morgan fingerprint density at radius 3 is 1.96 bits per heavy atom. The summed E-state index contributed by atoms with van der Waals surface area (Å²) in [6, 6.07) is 63.0. The van der Waals surface area contributed by atoms with E-state index in [1.807, 2.05) is 0 Å². The van der Waals surface area contributed by atoms with Crippen LogP contribution in [-0.4, -0.2) is 15.0 Å². The van der Waals surface area contributed by atoms with Gasteiger partial charge in [0.25, 0.3) is 0 Å². The number of aromatic nitrogens is 2. The minimum Gasteiger partial charge on any atom is -0.309 e. The zero-order valence-electron chi connectivity index (χ0n) is 31.7. The fourth-order valence-electron chi connectivity index (χ4n) is 10.5. The van der Waals surface area contributed by atoms with Crippen LogP contribution in [0, 0.1) is 5.92 Å². The van der Waals surface area contributed by atoms with E-state index in [9.17, 15) is 0 Å². The molecule has 2 aromatic heterocycles. The van der Waals surface area contributed by atoms with Gasteiger partial charge in [0.2, 0.25) is 0 Å². The number of fused-ring (bicyclic) bond motifs is 12. The van der Waals surface area contributed by atoms with E-state index in [0.717, 1.165) is 17.2 Å².